The number of nitrogens with zero attached hydrogens (tertiary/aromatic N) is 15. The van der Waals surface area contributed by atoms with E-state index in [1.807, 2.05) is 92.9 Å². The Labute approximate surface area is 815 Å². The summed E-state index contributed by atoms with van der Waals surface area (Å²) in [6, 6.07) is 6.71. The number of rotatable bonds is 15. The number of anilines is 5. The predicted molar refractivity (Wildman–Crippen MR) is 520 cm³/mol. The van der Waals surface area contributed by atoms with Crippen LogP contribution in [0.3, 0.4) is 0 Å². The number of fused-ring (bicyclic) bond motifs is 3. The Morgan fingerprint density at radius 2 is 0.589 bits per heavy atom. The van der Waals surface area contributed by atoms with Crippen molar-refractivity contribution >= 4 is 114 Å². The molecular weight excluding hydrogens is 1910 g/mol. The molecule has 0 radical (unpaired) electrons. The van der Waals surface area contributed by atoms with Gasteiger partial charge in [0, 0.05) is 110 Å². The molecule has 12 aromatic rings. The molecule has 0 unspecified atom stereocenters. The van der Waals surface area contributed by atoms with Crippen LogP contribution in [0.1, 0.15) is 151 Å². The van der Waals surface area contributed by atoms with Gasteiger partial charge >= 0.3 is 0 Å². The lowest BCUT2D eigenvalue weighted by Gasteiger charge is -2.45. The van der Waals surface area contributed by atoms with Gasteiger partial charge in [-0.15, -0.1) is 19.3 Å². The fourth-order valence-electron chi connectivity index (χ4n) is 18.8. The van der Waals surface area contributed by atoms with Gasteiger partial charge in [0.15, 0.2) is 69.8 Å². The van der Waals surface area contributed by atoms with Gasteiger partial charge in [-0.3, -0.25) is 57.4 Å². The minimum Gasteiger partial charge on any atom is -0.394 e. The molecule has 4 N–H and O–H groups in total. The Morgan fingerprint density at radius 1 is 0.376 bits per heavy atom. The van der Waals surface area contributed by atoms with Crippen LogP contribution in [0.25, 0.3) is 83.9 Å². The number of halogens is 16. The Morgan fingerprint density at radius 3 is 0.801 bits per heavy atom. The summed E-state index contributed by atoms with van der Waals surface area (Å²) in [6.07, 6.45) is 26.4. The second-order valence-electron chi connectivity index (χ2n) is 35.3. The van der Waals surface area contributed by atoms with Crippen LogP contribution in [0.4, 0.5) is 85.5 Å². The minimum absolute atomic E-state index is 0.0570. The Balaban J connectivity index is 0.000000178. The van der Waals surface area contributed by atoms with Crippen LogP contribution in [-0.4, -0.2) is 152 Å². The van der Waals surface area contributed by atoms with E-state index in [4.69, 9.17) is 65.5 Å². The highest BCUT2D eigenvalue weighted by Gasteiger charge is 2.43. The van der Waals surface area contributed by atoms with E-state index in [1.165, 1.54) is 45.6 Å². The third-order valence-corrected chi connectivity index (χ3v) is 25.8. The summed E-state index contributed by atoms with van der Waals surface area (Å²) < 4.78 is 195. The van der Waals surface area contributed by atoms with Crippen LogP contribution >= 0.6 is 34.8 Å². The zero-order valence-corrected chi connectivity index (χ0v) is 80.8. The average molecular weight is 2000 g/mol. The van der Waals surface area contributed by atoms with Crippen molar-refractivity contribution in [2.75, 3.05) is 65.4 Å². The molecule has 39 heteroatoms. The van der Waals surface area contributed by atoms with Crippen LogP contribution in [0.5, 0.6) is 0 Å². The van der Waals surface area contributed by atoms with Crippen LogP contribution in [0.2, 0.25) is 15.1 Å². The molecule has 6 atom stereocenters. The van der Waals surface area contributed by atoms with Crippen molar-refractivity contribution in [2.45, 2.75) is 158 Å². The second kappa shape index (κ2) is 40.4. The number of nitrogen functional groups attached to an aromatic ring is 2. The smallest absolute Gasteiger partial charge is 0.274 e. The molecule has 0 spiro atoms. The number of benzene rings is 3. The first kappa shape index (κ1) is 104. The van der Waals surface area contributed by atoms with Crippen molar-refractivity contribution in [2.24, 2.45) is 0 Å². The molecule has 3 aliphatic rings. The van der Waals surface area contributed by atoms with Crippen LogP contribution < -0.4 is 42.8 Å². The third kappa shape index (κ3) is 17.8. The maximum Gasteiger partial charge on any atom is 0.274 e. The number of terminal acetylenes is 3. The van der Waals surface area contributed by atoms with Gasteiger partial charge in [0.1, 0.15) is 45.0 Å². The minimum atomic E-state index is -2.34. The monoisotopic (exact) mass is 2000 g/mol. The maximum atomic E-state index is 15.4. The summed E-state index contributed by atoms with van der Waals surface area (Å²) in [5.41, 5.74) is 4.83. The van der Waals surface area contributed by atoms with Crippen molar-refractivity contribution in [1.82, 2.24) is 58.3 Å². The largest absolute Gasteiger partial charge is 0.394 e. The lowest BCUT2D eigenvalue weighted by molar-refractivity contribution is -0.131. The highest BCUT2D eigenvalue weighted by Crippen LogP contribution is 2.47. The van der Waals surface area contributed by atoms with Crippen molar-refractivity contribution in [3.63, 3.8) is 0 Å². The lowest BCUT2D eigenvalue weighted by Crippen LogP contribution is -2.58. The quantitative estimate of drug-likeness (QED) is 0.0241. The Bertz CT molecular complexity index is 6850. The van der Waals surface area contributed by atoms with Gasteiger partial charge < -0.3 is 40.9 Å². The van der Waals surface area contributed by atoms with Gasteiger partial charge in [-0.05, 0) is 151 Å². The summed E-state index contributed by atoms with van der Waals surface area (Å²) in [7, 11) is 0. The van der Waals surface area contributed by atoms with Gasteiger partial charge in [-0.2, -0.15) is 0 Å². The van der Waals surface area contributed by atoms with Crippen molar-refractivity contribution in [3.8, 4) is 87.9 Å². The standard InChI is InChI=1S/C34H29ClF5N5O2.2C34H31ClF4N6O2/c1-8-19-32(43-13-17(6)44(18(7)14-43)22(46)9-2)20-12-21(35)30(23-24(36)26(38)28(40)27(39)25(23)37)42-33(20)45(34(19)47)31-16(5)10-11-41-29(31)15(3)4;2*1-8-19-32(43-13-17(6)44(18(7)14-43)22(46)9-2)20-12-21(35)30(23-24(36)26(38)27(39)28(40)25(23)37)42-33(20)45(34(19)47)31-16(5)10-11-41-29(31)15(3)4/h1,9-12,15,17-18H,2,13-14H2,3-7H3;2*1,9-12,15,17-18H,2,13-14,40H2,3-7H3/t3*17-,18+. The Hall–Kier alpha value is -14.5. The van der Waals surface area contributed by atoms with E-state index in [0.29, 0.717) is 45.1 Å². The first-order valence-corrected chi connectivity index (χ1v) is 45.1. The van der Waals surface area contributed by atoms with Gasteiger partial charge in [0.2, 0.25) is 23.5 Å². The number of aryl methyl sites for hydroxylation is 3. The van der Waals surface area contributed by atoms with Crippen molar-refractivity contribution < 1.29 is 71.5 Å². The first-order valence-electron chi connectivity index (χ1n) is 44.0. The number of carbonyl (C=O) groups is 3. The van der Waals surface area contributed by atoms with Gasteiger partial charge in [-0.25, -0.2) is 72.0 Å². The number of piperazine rings is 3. The highest BCUT2D eigenvalue weighted by molar-refractivity contribution is 6.35. The normalized spacial score (nSPS) is 16.6. The second-order valence-corrected chi connectivity index (χ2v) is 36.6. The number of hydrogen-bond donors (Lipinski definition) is 2. The number of amides is 3. The molecule has 3 aliphatic heterocycles. The van der Waals surface area contributed by atoms with E-state index in [9.17, 15) is 59.5 Å². The fourth-order valence-corrected chi connectivity index (χ4v) is 19.6. The molecule has 732 valence electrons. The number of hydrogen-bond acceptors (Lipinski definition) is 17. The molecule has 3 fully saturated rings. The first-order chi connectivity index (χ1) is 66.5. The van der Waals surface area contributed by atoms with Crippen LogP contribution in [0.15, 0.2) is 107 Å². The predicted octanol–water partition coefficient (Wildman–Crippen LogP) is 19.4. The number of aromatic nitrogens is 9. The molecule has 12 heterocycles. The molecule has 23 nitrogen and oxygen atoms in total. The van der Waals surface area contributed by atoms with E-state index < -0.39 is 142 Å². The molecule has 0 aliphatic carbocycles. The molecule has 0 saturated carbocycles. The van der Waals surface area contributed by atoms with E-state index in [0.717, 1.165) is 4.57 Å². The third-order valence-electron chi connectivity index (χ3n) is 24.9. The zero-order valence-electron chi connectivity index (χ0n) is 78.6. The van der Waals surface area contributed by atoms with Gasteiger partial charge in [-0.1, -0.05) is 114 Å². The van der Waals surface area contributed by atoms with E-state index in [-0.39, 0.29) is 194 Å². The highest BCUT2D eigenvalue weighted by atomic mass is 35.5. The maximum absolute atomic E-state index is 15.4. The number of pyridine rings is 9. The topological polar surface area (TPSA) is 266 Å². The van der Waals surface area contributed by atoms with E-state index in [1.54, 1.807) is 77.2 Å². The van der Waals surface area contributed by atoms with E-state index in [2.05, 4.69) is 67.4 Å². The lowest BCUT2D eigenvalue weighted by atomic mass is 10.0. The van der Waals surface area contributed by atoms with E-state index >= 15 is 26.3 Å². The summed E-state index contributed by atoms with van der Waals surface area (Å²) in [4.78, 5) is 119. The molecule has 0 bridgehead atoms. The summed E-state index contributed by atoms with van der Waals surface area (Å²) in [5, 5.41) is -0.570. The molecule has 3 saturated heterocycles. The molecule has 141 heavy (non-hydrogen) atoms. The zero-order chi connectivity index (χ0) is 104. The average Bonchev–Trinajstić information content (AvgIpc) is 0.726. The molecular formula is C102H91Cl3F13N17O6. The van der Waals surface area contributed by atoms with Crippen molar-refractivity contribution in [1.29, 1.82) is 0 Å². The molecule has 3 aromatic carbocycles. The molecule has 9 aromatic heterocycles. The van der Waals surface area contributed by atoms with Crippen molar-refractivity contribution in [3.05, 3.63) is 265 Å². The van der Waals surface area contributed by atoms with Gasteiger partial charge in [0.25, 0.3) is 16.7 Å². The number of carbonyl (C=O) groups excluding carboxylic acids is 3. The molecule has 15 rings (SSSR count). The molecule has 3 amide bonds. The van der Waals surface area contributed by atoms with Gasteiger partial charge in [0.05, 0.1) is 100 Å². The van der Waals surface area contributed by atoms with Crippen LogP contribution in [-0.2, 0) is 14.4 Å². The number of nitrogens with two attached hydrogens (primary N) is 2. The summed E-state index contributed by atoms with van der Waals surface area (Å²) >= 11 is 19.8. The SMILES string of the molecule is C#Cc1c(N2C[C@@H](C)N(C(=O)C=C)[C@@H](C)C2)c2cc(Cl)c(-c3c(F)c(F)c(F)c(F)c3F)nc2n(-c2c(C)ccnc2C(C)C)c1=O.C#Cc1c(N2C[C@@H](C)N(C(=O)C=C)[C@@H](C)C2)c2cc(Cl)c(-c3c(F)c(N)c(F)c(F)c3F)nc2n(-c2c(C)ccnc2C(C)C)c1=O.C#Cc1c(N2C[C@@H](C)N(C(=O)C=C)[C@@H](C)C2)c2cc(Cl)c(-c3c(F)c(N)c(F)c(F)c3F)nc2n(-c2c(C)ccnc2C(C)C)c1=O. The Kier molecular flexibility index (Phi) is 29.7. The fraction of sp³-hybridized carbons (Fsp3) is 0.294. The summed E-state index contributed by atoms with van der Waals surface area (Å²) in [5.74, 6) is -19.8. The summed E-state index contributed by atoms with van der Waals surface area (Å²) in [6.45, 7) is 39.4. The van der Waals surface area contributed by atoms with Crippen LogP contribution in [0, 0.1) is 133 Å².